The maximum absolute atomic E-state index is 12.3. The van der Waals surface area contributed by atoms with Gasteiger partial charge in [-0.3, -0.25) is 19.4 Å². The molecule has 1 saturated heterocycles. The van der Waals surface area contributed by atoms with Crippen molar-refractivity contribution >= 4 is 40.5 Å². The van der Waals surface area contributed by atoms with E-state index in [-0.39, 0.29) is 12.6 Å². The lowest BCUT2D eigenvalue weighted by molar-refractivity contribution is -0.147. The Labute approximate surface area is 153 Å². The first-order valence-corrected chi connectivity index (χ1v) is 9.54. The molecule has 1 aliphatic rings. The average molecular weight is 378 g/mol. The van der Waals surface area contributed by atoms with Crippen molar-refractivity contribution in [3.8, 4) is 0 Å². The van der Waals surface area contributed by atoms with Crippen molar-refractivity contribution in [2.45, 2.75) is 12.5 Å². The van der Waals surface area contributed by atoms with Crippen molar-refractivity contribution in [3.63, 3.8) is 0 Å². The van der Waals surface area contributed by atoms with Crippen molar-refractivity contribution in [1.82, 2.24) is 20.1 Å². The molecule has 132 valence electrons. The SMILES string of the molecule is CN1C(=O)C(CNC(Cc2ccsc2)c2nccs2)C(=O)N(C)C1=O. The van der Waals surface area contributed by atoms with E-state index in [1.54, 1.807) is 17.5 Å². The predicted octanol–water partition coefficient (Wildman–Crippen LogP) is 1.74. The van der Waals surface area contributed by atoms with Gasteiger partial charge in [0.2, 0.25) is 11.8 Å². The van der Waals surface area contributed by atoms with Crippen LogP contribution in [0.15, 0.2) is 28.4 Å². The number of carbonyl (C=O) groups is 3. The smallest absolute Gasteiger partial charge is 0.306 e. The molecule has 7 nitrogen and oxygen atoms in total. The molecule has 1 unspecified atom stereocenters. The van der Waals surface area contributed by atoms with Crippen LogP contribution in [0.3, 0.4) is 0 Å². The first-order chi connectivity index (χ1) is 12.0. The Morgan fingerprint density at radius 1 is 1.20 bits per heavy atom. The van der Waals surface area contributed by atoms with Crippen LogP contribution in [0.5, 0.6) is 0 Å². The van der Waals surface area contributed by atoms with E-state index in [2.05, 4.69) is 15.7 Å². The van der Waals surface area contributed by atoms with E-state index in [1.165, 1.54) is 31.0 Å². The predicted molar refractivity (Wildman–Crippen MR) is 95.3 cm³/mol. The summed E-state index contributed by atoms with van der Waals surface area (Å²) in [7, 11) is 2.79. The minimum atomic E-state index is -0.905. The van der Waals surface area contributed by atoms with Crippen LogP contribution < -0.4 is 5.32 Å². The normalized spacial score (nSPS) is 17.4. The van der Waals surface area contributed by atoms with Crippen molar-refractivity contribution in [1.29, 1.82) is 0 Å². The second-order valence-corrected chi connectivity index (χ2v) is 7.50. The number of hydrogen-bond donors (Lipinski definition) is 1. The molecule has 0 spiro atoms. The molecule has 0 bridgehead atoms. The highest BCUT2D eigenvalue weighted by Gasteiger charge is 2.42. The van der Waals surface area contributed by atoms with E-state index in [1.807, 2.05) is 16.8 Å². The number of thiophene rings is 1. The standard InChI is InChI=1S/C16H18N4O3S2/c1-19-14(21)11(15(22)20(2)16(19)23)8-18-12(13-17-4-6-25-13)7-10-3-5-24-9-10/h3-6,9,11-12,18H,7-8H2,1-2H3. The zero-order valence-corrected chi connectivity index (χ0v) is 15.5. The Morgan fingerprint density at radius 3 is 2.48 bits per heavy atom. The molecule has 1 atom stereocenters. The molecule has 1 fully saturated rings. The van der Waals surface area contributed by atoms with Crippen LogP contribution in [0.25, 0.3) is 0 Å². The van der Waals surface area contributed by atoms with Crippen LogP contribution in [0.1, 0.15) is 16.6 Å². The highest BCUT2D eigenvalue weighted by atomic mass is 32.1. The minimum absolute atomic E-state index is 0.0940. The van der Waals surface area contributed by atoms with Crippen LogP contribution in [0.4, 0.5) is 4.79 Å². The molecule has 25 heavy (non-hydrogen) atoms. The second kappa shape index (κ2) is 7.42. The Hall–Kier alpha value is -2.10. The third-order valence-electron chi connectivity index (χ3n) is 4.17. The van der Waals surface area contributed by atoms with Gasteiger partial charge in [0.05, 0.1) is 6.04 Å². The molecule has 0 saturated carbocycles. The van der Waals surface area contributed by atoms with Gasteiger partial charge in [-0.2, -0.15) is 11.3 Å². The van der Waals surface area contributed by atoms with Gasteiger partial charge in [0.1, 0.15) is 10.9 Å². The monoisotopic (exact) mass is 378 g/mol. The number of amides is 4. The molecular weight excluding hydrogens is 360 g/mol. The largest absolute Gasteiger partial charge is 0.332 e. The zero-order valence-electron chi connectivity index (χ0n) is 13.8. The number of barbiturate groups is 1. The number of carbonyl (C=O) groups excluding carboxylic acids is 3. The van der Waals surface area contributed by atoms with E-state index in [0.29, 0.717) is 0 Å². The summed E-state index contributed by atoms with van der Waals surface area (Å²) in [6.45, 7) is 0.161. The Morgan fingerprint density at radius 2 is 1.92 bits per heavy atom. The molecule has 0 radical (unpaired) electrons. The van der Waals surface area contributed by atoms with Crippen molar-refractivity contribution in [3.05, 3.63) is 39.0 Å². The van der Waals surface area contributed by atoms with Gasteiger partial charge in [-0.05, 0) is 28.8 Å². The Bertz CT molecular complexity index is 736. The molecule has 2 aromatic heterocycles. The summed E-state index contributed by atoms with van der Waals surface area (Å²) < 4.78 is 0. The van der Waals surface area contributed by atoms with Crippen LogP contribution >= 0.6 is 22.7 Å². The highest BCUT2D eigenvalue weighted by Crippen LogP contribution is 2.23. The van der Waals surface area contributed by atoms with Gasteiger partial charge < -0.3 is 5.32 Å². The number of urea groups is 1. The summed E-state index contributed by atoms with van der Waals surface area (Å²) >= 11 is 3.15. The number of imide groups is 2. The minimum Gasteiger partial charge on any atom is -0.306 e. The summed E-state index contributed by atoms with van der Waals surface area (Å²) in [6, 6.07) is 1.36. The lowest BCUT2D eigenvalue weighted by Crippen LogP contribution is -2.59. The first-order valence-electron chi connectivity index (χ1n) is 7.72. The first kappa shape index (κ1) is 17.7. The summed E-state index contributed by atoms with van der Waals surface area (Å²) in [6.07, 6.45) is 2.45. The van der Waals surface area contributed by atoms with E-state index in [0.717, 1.165) is 21.2 Å². The van der Waals surface area contributed by atoms with Gasteiger partial charge in [-0.25, -0.2) is 9.78 Å². The summed E-state index contributed by atoms with van der Waals surface area (Å²) in [5.74, 6) is -1.86. The van der Waals surface area contributed by atoms with Gasteiger partial charge in [0.15, 0.2) is 0 Å². The molecule has 3 heterocycles. The van der Waals surface area contributed by atoms with Crippen molar-refractivity contribution in [2.24, 2.45) is 5.92 Å². The Kier molecular flexibility index (Phi) is 5.26. The van der Waals surface area contributed by atoms with E-state index in [9.17, 15) is 14.4 Å². The zero-order chi connectivity index (χ0) is 18.0. The fraction of sp³-hybridized carbons (Fsp3) is 0.375. The summed E-state index contributed by atoms with van der Waals surface area (Å²) in [5, 5.41) is 10.2. The number of rotatable bonds is 6. The van der Waals surface area contributed by atoms with E-state index in [4.69, 9.17) is 0 Å². The van der Waals surface area contributed by atoms with E-state index >= 15 is 0 Å². The third-order valence-corrected chi connectivity index (χ3v) is 5.79. The van der Waals surface area contributed by atoms with Crippen LogP contribution in [-0.4, -0.2) is 53.3 Å². The van der Waals surface area contributed by atoms with Gasteiger partial charge in [0, 0.05) is 32.2 Å². The molecule has 4 amide bonds. The van der Waals surface area contributed by atoms with Crippen molar-refractivity contribution < 1.29 is 14.4 Å². The van der Waals surface area contributed by atoms with Gasteiger partial charge in [0.25, 0.3) is 0 Å². The highest BCUT2D eigenvalue weighted by molar-refractivity contribution is 7.09. The van der Waals surface area contributed by atoms with Crippen LogP contribution in [0.2, 0.25) is 0 Å². The van der Waals surface area contributed by atoms with Crippen LogP contribution in [0, 0.1) is 5.92 Å². The fourth-order valence-electron chi connectivity index (χ4n) is 2.72. The number of thiazole rings is 1. The molecule has 1 N–H and O–H groups in total. The van der Waals surface area contributed by atoms with E-state index < -0.39 is 23.8 Å². The number of hydrogen-bond acceptors (Lipinski definition) is 7. The Balaban J connectivity index is 1.73. The van der Waals surface area contributed by atoms with Crippen molar-refractivity contribution in [2.75, 3.05) is 20.6 Å². The quantitative estimate of drug-likeness (QED) is 0.775. The lowest BCUT2D eigenvalue weighted by atomic mass is 10.0. The number of aromatic nitrogens is 1. The molecule has 0 aromatic carbocycles. The topological polar surface area (TPSA) is 82.6 Å². The van der Waals surface area contributed by atoms with Crippen LogP contribution in [-0.2, 0) is 16.0 Å². The number of nitrogens with one attached hydrogen (secondary N) is 1. The maximum atomic E-state index is 12.3. The summed E-state index contributed by atoms with van der Waals surface area (Å²) in [4.78, 5) is 42.8. The molecule has 9 heteroatoms. The van der Waals surface area contributed by atoms with Gasteiger partial charge in [-0.1, -0.05) is 0 Å². The second-order valence-electron chi connectivity index (χ2n) is 5.80. The third kappa shape index (κ3) is 3.63. The summed E-state index contributed by atoms with van der Waals surface area (Å²) in [5.41, 5.74) is 1.17. The number of nitrogens with zero attached hydrogens (tertiary/aromatic N) is 3. The van der Waals surface area contributed by atoms with Gasteiger partial charge >= 0.3 is 6.03 Å². The maximum Gasteiger partial charge on any atom is 0.332 e. The fourth-order valence-corrected chi connectivity index (χ4v) is 4.11. The lowest BCUT2D eigenvalue weighted by Gasteiger charge is -2.33. The molecule has 2 aromatic rings. The molecule has 0 aliphatic carbocycles. The van der Waals surface area contributed by atoms with Gasteiger partial charge in [-0.15, -0.1) is 11.3 Å². The molecule has 1 aliphatic heterocycles. The average Bonchev–Trinajstić information content (AvgIpc) is 3.30. The molecule has 3 rings (SSSR count). The molecular formula is C16H18N4O3S2.